The average Bonchev–Trinajstić information content (AvgIpc) is 3.17. The molecule has 0 aliphatic carbocycles. The second-order valence-electron chi connectivity index (χ2n) is 7.20. The molecule has 2 heterocycles. The summed E-state index contributed by atoms with van der Waals surface area (Å²) in [4.78, 5) is 15.0. The normalized spacial score (nSPS) is 17.2. The van der Waals surface area contributed by atoms with Gasteiger partial charge in [-0.15, -0.1) is 0 Å². The van der Waals surface area contributed by atoms with Crippen LogP contribution >= 0.6 is 0 Å². The minimum atomic E-state index is -3.55. The van der Waals surface area contributed by atoms with Crippen molar-refractivity contribution < 1.29 is 22.7 Å². The van der Waals surface area contributed by atoms with Crippen molar-refractivity contribution in [2.75, 3.05) is 44.9 Å². The number of methoxy groups -OCH3 is 1. The summed E-state index contributed by atoms with van der Waals surface area (Å²) in [5.74, 6) is 0.639. The van der Waals surface area contributed by atoms with Crippen LogP contribution in [0.2, 0.25) is 0 Å². The van der Waals surface area contributed by atoms with Gasteiger partial charge >= 0.3 is 0 Å². The van der Waals surface area contributed by atoms with E-state index in [1.807, 2.05) is 13.0 Å². The summed E-state index contributed by atoms with van der Waals surface area (Å²) in [6.07, 6.45) is 0.628. The molecule has 8 heteroatoms. The highest BCUT2D eigenvalue weighted by molar-refractivity contribution is 7.89. The number of rotatable bonds is 4. The molecule has 4 rings (SSSR count). The Balaban J connectivity index is 1.60. The van der Waals surface area contributed by atoms with Crippen molar-refractivity contribution in [1.82, 2.24) is 4.31 Å². The van der Waals surface area contributed by atoms with E-state index in [1.165, 1.54) is 4.31 Å². The first-order chi connectivity index (χ1) is 13.9. The summed E-state index contributed by atoms with van der Waals surface area (Å²) in [5, 5.41) is 0. The van der Waals surface area contributed by atoms with E-state index in [1.54, 1.807) is 42.3 Å². The number of carbonyl (C=O) groups is 1. The monoisotopic (exact) mass is 416 g/mol. The lowest BCUT2D eigenvalue weighted by atomic mass is 10.1. The highest BCUT2D eigenvalue weighted by Gasteiger charge is 2.30. The van der Waals surface area contributed by atoms with Gasteiger partial charge in [-0.2, -0.15) is 4.31 Å². The second-order valence-corrected chi connectivity index (χ2v) is 9.14. The molecule has 0 saturated carbocycles. The van der Waals surface area contributed by atoms with Gasteiger partial charge in [-0.3, -0.25) is 4.79 Å². The molecule has 0 aromatic heterocycles. The maximum absolute atomic E-state index is 13.0. The van der Waals surface area contributed by atoms with Crippen molar-refractivity contribution in [3.05, 3.63) is 53.1 Å². The van der Waals surface area contributed by atoms with Gasteiger partial charge in [0.05, 0.1) is 25.2 Å². The van der Waals surface area contributed by atoms with Crippen molar-refractivity contribution in [3.63, 3.8) is 0 Å². The molecule has 1 fully saturated rings. The molecule has 1 saturated heterocycles. The van der Waals surface area contributed by atoms with E-state index in [0.29, 0.717) is 44.8 Å². The lowest BCUT2D eigenvalue weighted by Crippen LogP contribution is -2.40. The molecular formula is C21H24N2O5S. The van der Waals surface area contributed by atoms with Gasteiger partial charge in [-0.1, -0.05) is 0 Å². The van der Waals surface area contributed by atoms with Crippen molar-refractivity contribution in [3.8, 4) is 5.75 Å². The van der Waals surface area contributed by atoms with Crippen LogP contribution in [0.3, 0.4) is 0 Å². The number of amides is 1. The number of sulfonamides is 1. The summed E-state index contributed by atoms with van der Waals surface area (Å²) < 4.78 is 37.8. The quantitative estimate of drug-likeness (QED) is 0.764. The minimum absolute atomic E-state index is 0.0988. The van der Waals surface area contributed by atoms with Crippen LogP contribution in [0, 0.1) is 6.92 Å². The van der Waals surface area contributed by atoms with E-state index < -0.39 is 10.0 Å². The van der Waals surface area contributed by atoms with Crippen molar-refractivity contribution in [2.45, 2.75) is 18.2 Å². The Morgan fingerprint density at radius 3 is 2.52 bits per heavy atom. The molecule has 2 aliphatic heterocycles. The Kier molecular flexibility index (Phi) is 5.33. The molecule has 0 spiro atoms. The number of nitrogens with zero attached hydrogens (tertiary/aromatic N) is 2. The Labute approximate surface area is 170 Å². The van der Waals surface area contributed by atoms with E-state index in [0.717, 1.165) is 22.6 Å². The molecule has 154 valence electrons. The Morgan fingerprint density at radius 2 is 1.83 bits per heavy atom. The second kappa shape index (κ2) is 7.78. The lowest BCUT2D eigenvalue weighted by molar-refractivity contribution is 0.0730. The first-order valence-corrected chi connectivity index (χ1v) is 11.0. The molecule has 2 aliphatic rings. The molecule has 0 unspecified atom stereocenters. The van der Waals surface area contributed by atoms with Gasteiger partial charge in [0.25, 0.3) is 5.91 Å². The number of aryl methyl sites for hydroxylation is 1. The predicted molar refractivity (Wildman–Crippen MR) is 109 cm³/mol. The highest BCUT2D eigenvalue weighted by Crippen LogP contribution is 2.33. The summed E-state index contributed by atoms with van der Waals surface area (Å²) in [7, 11) is -1.95. The zero-order valence-electron chi connectivity index (χ0n) is 16.6. The molecule has 2 aromatic rings. The third-order valence-electron chi connectivity index (χ3n) is 5.44. The molecule has 0 atom stereocenters. The number of benzene rings is 2. The van der Waals surface area contributed by atoms with Gasteiger partial charge in [0.2, 0.25) is 10.0 Å². The smallest absolute Gasteiger partial charge is 0.258 e. The Hall–Kier alpha value is -2.42. The molecule has 1 amide bonds. The molecule has 7 nitrogen and oxygen atoms in total. The number of hydrogen-bond acceptors (Lipinski definition) is 5. The summed E-state index contributed by atoms with van der Waals surface area (Å²) >= 11 is 0. The number of anilines is 1. The fourth-order valence-electron chi connectivity index (χ4n) is 3.85. The molecule has 0 N–H and O–H groups in total. The van der Waals surface area contributed by atoms with Crippen LogP contribution in [-0.4, -0.2) is 58.6 Å². The van der Waals surface area contributed by atoms with Gasteiger partial charge in [0.1, 0.15) is 5.75 Å². The van der Waals surface area contributed by atoms with E-state index in [2.05, 4.69) is 0 Å². The third kappa shape index (κ3) is 3.63. The van der Waals surface area contributed by atoms with Gasteiger partial charge in [-0.05, 0) is 60.9 Å². The standard InChI is InChI=1S/C21H24N2O5S/c1-15-13-17(3-6-20(15)27-2)21(24)23-8-7-16-14-18(4-5-19(16)23)29(25,26)22-9-11-28-12-10-22/h3-6,13-14H,7-12H2,1-2H3. The van der Waals surface area contributed by atoms with Crippen LogP contribution in [0.25, 0.3) is 0 Å². The van der Waals surface area contributed by atoms with Gasteiger partial charge < -0.3 is 14.4 Å². The zero-order valence-corrected chi connectivity index (χ0v) is 17.4. The van der Waals surface area contributed by atoms with E-state index >= 15 is 0 Å². The lowest BCUT2D eigenvalue weighted by Gasteiger charge is -2.26. The first kappa shape index (κ1) is 19.9. The maximum atomic E-state index is 13.0. The number of hydrogen-bond donors (Lipinski definition) is 0. The van der Waals surface area contributed by atoms with Gasteiger partial charge in [0.15, 0.2) is 0 Å². The third-order valence-corrected chi connectivity index (χ3v) is 7.34. The Bertz CT molecular complexity index is 1050. The zero-order chi connectivity index (χ0) is 20.6. The molecule has 29 heavy (non-hydrogen) atoms. The van der Waals surface area contributed by atoms with Crippen molar-refractivity contribution >= 4 is 21.6 Å². The van der Waals surface area contributed by atoms with Crippen molar-refractivity contribution in [2.24, 2.45) is 0 Å². The van der Waals surface area contributed by atoms with Crippen LogP contribution in [-0.2, 0) is 21.2 Å². The molecule has 2 aromatic carbocycles. The number of carbonyl (C=O) groups excluding carboxylic acids is 1. The SMILES string of the molecule is COc1ccc(C(=O)N2CCc3cc(S(=O)(=O)N4CCOCC4)ccc32)cc1C. The first-order valence-electron chi connectivity index (χ1n) is 9.59. The van der Waals surface area contributed by atoms with Crippen LogP contribution in [0.1, 0.15) is 21.5 Å². The van der Waals surface area contributed by atoms with Crippen LogP contribution in [0.15, 0.2) is 41.3 Å². The van der Waals surface area contributed by atoms with Crippen LogP contribution in [0.4, 0.5) is 5.69 Å². The molecular weight excluding hydrogens is 392 g/mol. The van der Waals surface area contributed by atoms with Crippen molar-refractivity contribution in [1.29, 1.82) is 0 Å². The van der Waals surface area contributed by atoms with E-state index in [9.17, 15) is 13.2 Å². The minimum Gasteiger partial charge on any atom is -0.496 e. The topological polar surface area (TPSA) is 76.2 Å². The fourth-order valence-corrected chi connectivity index (χ4v) is 5.31. The van der Waals surface area contributed by atoms with Gasteiger partial charge in [-0.25, -0.2) is 8.42 Å². The summed E-state index contributed by atoms with van der Waals surface area (Å²) in [6, 6.07) is 10.4. The number of ether oxygens (including phenoxy) is 2. The number of fused-ring (bicyclic) bond motifs is 1. The largest absolute Gasteiger partial charge is 0.496 e. The highest BCUT2D eigenvalue weighted by atomic mass is 32.2. The molecule has 0 radical (unpaired) electrons. The predicted octanol–water partition coefficient (Wildman–Crippen LogP) is 2.23. The van der Waals surface area contributed by atoms with Crippen LogP contribution < -0.4 is 9.64 Å². The van der Waals surface area contributed by atoms with E-state index in [-0.39, 0.29) is 10.8 Å². The fraction of sp³-hybridized carbons (Fsp3) is 0.381. The maximum Gasteiger partial charge on any atom is 0.258 e. The Morgan fingerprint density at radius 1 is 1.07 bits per heavy atom. The van der Waals surface area contributed by atoms with Gasteiger partial charge in [0, 0.05) is 30.9 Å². The average molecular weight is 416 g/mol. The summed E-state index contributed by atoms with van der Waals surface area (Å²) in [6.45, 7) is 3.97. The summed E-state index contributed by atoms with van der Waals surface area (Å²) in [5.41, 5.74) is 3.12. The molecule has 0 bridgehead atoms. The van der Waals surface area contributed by atoms with E-state index in [4.69, 9.17) is 9.47 Å². The van der Waals surface area contributed by atoms with Crippen LogP contribution in [0.5, 0.6) is 5.75 Å². The number of morpholine rings is 1.